The van der Waals surface area contributed by atoms with Gasteiger partial charge in [-0.1, -0.05) is 12.1 Å². The Morgan fingerprint density at radius 1 is 1.18 bits per heavy atom. The minimum atomic E-state index is -5.09. The molecular formula is C11H5F3O3. The highest BCUT2D eigenvalue weighted by Gasteiger charge is 2.41. The zero-order valence-electron chi connectivity index (χ0n) is 8.25. The molecule has 0 radical (unpaired) electrons. The summed E-state index contributed by atoms with van der Waals surface area (Å²) < 4.78 is 41.4. The molecule has 0 amide bonds. The Morgan fingerprint density at radius 3 is 2.47 bits per heavy atom. The molecule has 1 heterocycles. The van der Waals surface area contributed by atoms with Gasteiger partial charge >= 0.3 is 6.18 Å². The van der Waals surface area contributed by atoms with E-state index in [1.54, 1.807) is 6.07 Å². The van der Waals surface area contributed by atoms with E-state index in [9.17, 15) is 22.8 Å². The number of carbonyl (C=O) groups is 1. The van der Waals surface area contributed by atoms with Crippen LogP contribution < -0.4 is 5.43 Å². The zero-order chi connectivity index (χ0) is 12.6. The number of carbonyl (C=O) groups excluding carboxylic acids is 1. The van der Waals surface area contributed by atoms with Crippen LogP contribution in [0, 0.1) is 0 Å². The second kappa shape index (κ2) is 3.73. The van der Waals surface area contributed by atoms with Crippen LogP contribution in [0.25, 0.3) is 11.0 Å². The summed E-state index contributed by atoms with van der Waals surface area (Å²) in [6.45, 7) is 0. The van der Waals surface area contributed by atoms with Crippen molar-refractivity contribution in [2.24, 2.45) is 0 Å². The quantitative estimate of drug-likeness (QED) is 0.722. The number of Topliss-reactive ketones (excluding diaryl/α,β-unsaturated/α-hetero) is 1. The van der Waals surface area contributed by atoms with Gasteiger partial charge in [-0.05, 0) is 12.1 Å². The Hall–Kier alpha value is -2.11. The monoisotopic (exact) mass is 242 g/mol. The lowest BCUT2D eigenvalue weighted by Crippen LogP contribution is -2.28. The number of para-hydroxylation sites is 1. The van der Waals surface area contributed by atoms with Crippen LogP contribution in [0.3, 0.4) is 0 Å². The maximum Gasteiger partial charge on any atom is 0.455 e. The summed E-state index contributed by atoms with van der Waals surface area (Å²) in [7, 11) is 0. The molecule has 17 heavy (non-hydrogen) atoms. The van der Waals surface area contributed by atoms with E-state index in [1.807, 2.05) is 0 Å². The Labute approximate surface area is 92.5 Å². The average Bonchev–Trinajstić information content (AvgIpc) is 2.28. The highest BCUT2D eigenvalue weighted by Crippen LogP contribution is 2.21. The van der Waals surface area contributed by atoms with E-state index in [4.69, 9.17) is 4.42 Å². The number of benzene rings is 1. The van der Waals surface area contributed by atoms with Crippen molar-refractivity contribution in [1.29, 1.82) is 0 Å². The van der Waals surface area contributed by atoms with E-state index in [0.29, 0.717) is 6.26 Å². The van der Waals surface area contributed by atoms with E-state index >= 15 is 0 Å². The van der Waals surface area contributed by atoms with Gasteiger partial charge in [-0.25, -0.2) is 0 Å². The molecule has 0 N–H and O–H groups in total. The van der Waals surface area contributed by atoms with Crippen LogP contribution in [-0.2, 0) is 0 Å². The van der Waals surface area contributed by atoms with Crippen LogP contribution in [0.2, 0.25) is 0 Å². The van der Waals surface area contributed by atoms with Gasteiger partial charge in [0.2, 0.25) is 5.43 Å². The summed E-state index contributed by atoms with van der Waals surface area (Å²) in [5, 5.41) is -0.0531. The maximum absolute atomic E-state index is 12.2. The first-order valence-electron chi connectivity index (χ1n) is 4.53. The average molecular weight is 242 g/mol. The summed E-state index contributed by atoms with van der Waals surface area (Å²) in [6, 6.07) is 5.77. The molecule has 2 aromatic rings. The van der Waals surface area contributed by atoms with Gasteiger partial charge in [0, 0.05) is 0 Å². The van der Waals surface area contributed by atoms with Gasteiger partial charge in [0.05, 0.1) is 5.39 Å². The molecule has 3 nitrogen and oxygen atoms in total. The predicted molar refractivity (Wildman–Crippen MR) is 52.9 cm³/mol. The van der Waals surface area contributed by atoms with Crippen molar-refractivity contribution in [1.82, 2.24) is 0 Å². The third kappa shape index (κ3) is 1.93. The zero-order valence-corrected chi connectivity index (χ0v) is 8.25. The lowest BCUT2D eigenvalue weighted by Gasteiger charge is -2.04. The number of fused-ring (bicyclic) bond motifs is 1. The molecule has 0 saturated heterocycles. The van der Waals surface area contributed by atoms with Gasteiger partial charge < -0.3 is 4.42 Å². The normalized spacial score (nSPS) is 11.7. The van der Waals surface area contributed by atoms with Crippen molar-refractivity contribution in [3.63, 3.8) is 0 Å². The van der Waals surface area contributed by atoms with Crippen LogP contribution in [-0.4, -0.2) is 12.0 Å². The molecule has 2 rings (SSSR count). The van der Waals surface area contributed by atoms with Gasteiger partial charge in [-0.3, -0.25) is 9.59 Å². The number of alkyl halides is 3. The number of hydrogen-bond donors (Lipinski definition) is 0. The molecule has 1 aromatic heterocycles. The smallest absolute Gasteiger partial charge is 0.455 e. The van der Waals surface area contributed by atoms with E-state index in [0.717, 1.165) is 0 Å². The molecule has 1 aromatic carbocycles. The summed E-state index contributed by atoms with van der Waals surface area (Å²) in [4.78, 5) is 22.6. The Kier molecular flexibility index (Phi) is 2.49. The van der Waals surface area contributed by atoms with E-state index in [1.165, 1.54) is 18.2 Å². The van der Waals surface area contributed by atoms with Crippen molar-refractivity contribution in [2.75, 3.05) is 0 Å². The Balaban J connectivity index is 2.70. The SMILES string of the molecule is O=C(c1coc2ccccc2c1=O)C(F)(F)F. The largest absolute Gasteiger partial charge is 0.463 e. The van der Waals surface area contributed by atoms with Gasteiger partial charge in [-0.2, -0.15) is 13.2 Å². The lowest BCUT2D eigenvalue weighted by atomic mass is 10.1. The minimum Gasteiger partial charge on any atom is -0.463 e. The lowest BCUT2D eigenvalue weighted by molar-refractivity contribution is -0.0886. The van der Waals surface area contributed by atoms with Crippen LogP contribution in [0.4, 0.5) is 13.2 Å². The molecule has 0 saturated carbocycles. The van der Waals surface area contributed by atoms with Crippen LogP contribution in [0.5, 0.6) is 0 Å². The molecule has 0 unspecified atom stereocenters. The van der Waals surface area contributed by atoms with Gasteiger partial charge in [0.15, 0.2) is 0 Å². The Bertz CT molecular complexity index is 640. The second-order valence-corrected chi connectivity index (χ2v) is 3.30. The maximum atomic E-state index is 12.2. The molecule has 0 aliphatic rings. The summed E-state index contributed by atoms with van der Waals surface area (Å²) in [5.41, 5.74) is -1.85. The third-order valence-electron chi connectivity index (χ3n) is 2.18. The van der Waals surface area contributed by atoms with E-state index in [2.05, 4.69) is 0 Å². The molecule has 88 valence electrons. The fourth-order valence-corrected chi connectivity index (χ4v) is 1.39. The van der Waals surface area contributed by atoms with Crippen molar-refractivity contribution in [3.05, 3.63) is 46.3 Å². The molecule has 6 heteroatoms. The van der Waals surface area contributed by atoms with Gasteiger partial charge in [0.25, 0.3) is 5.78 Å². The minimum absolute atomic E-state index is 0.0531. The summed E-state index contributed by atoms with van der Waals surface area (Å²) in [6.07, 6.45) is -4.54. The standard InChI is InChI=1S/C11H5F3O3/c12-11(13,14)10(16)7-5-17-8-4-2-1-3-6(8)9(7)15/h1-5H. The Morgan fingerprint density at radius 2 is 1.82 bits per heavy atom. The van der Waals surface area contributed by atoms with E-state index < -0.39 is 23.0 Å². The topological polar surface area (TPSA) is 47.3 Å². The fourth-order valence-electron chi connectivity index (χ4n) is 1.39. The summed E-state index contributed by atoms with van der Waals surface area (Å²) >= 11 is 0. The molecule has 0 aliphatic carbocycles. The first-order chi connectivity index (χ1) is 7.91. The summed E-state index contributed by atoms with van der Waals surface area (Å²) in [5.74, 6) is -2.20. The van der Waals surface area contributed by atoms with Crippen LogP contribution in [0.1, 0.15) is 10.4 Å². The number of halogens is 3. The molecular weight excluding hydrogens is 237 g/mol. The van der Waals surface area contributed by atoms with Crippen molar-refractivity contribution in [2.45, 2.75) is 6.18 Å². The molecule has 0 spiro atoms. The highest BCUT2D eigenvalue weighted by molar-refractivity contribution is 6.01. The predicted octanol–water partition coefficient (Wildman–Crippen LogP) is 2.54. The second-order valence-electron chi connectivity index (χ2n) is 3.30. The molecule has 0 fully saturated rings. The van der Waals surface area contributed by atoms with Crippen LogP contribution >= 0.6 is 0 Å². The van der Waals surface area contributed by atoms with Crippen molar-refractivity contribution < 1.29 is 22.4 Å². The van der Waals surface area contributed by atoms with Gasteiger partial charge in [-0.15, -0.1) is 0 Å². The number of hydrogen-bond acceptors (Lipinski definition) is 3. The van der Waals surface area contributed by atoms with Gasteiger partial charge in [0.1, 0.15) is 17.4 Å². The third-order valence-corrected chi connectivity index (χ3v) is 2.18. The van der Waals surface area contributed by atoms with Crippen molar-refractivity contribution >= 4 is 16.8 Å². The highest BCUT2D eigenvalue weighted by atomic mass is 19.4. The molecule has 0 aliphatic heterocycles. The number of ketones is 1. The molecule has 0 atom stereocenters. The van der Waals surface area contributed by atoms with Crippen molar-refractivity contribution in [3.8, 4) is 0 Å². The first-order valence-corrected chi connectivity index (χ1v) is 4.53. The van der Waals surface area contributed by atoms with Crippen LogP contribution in [0.15, 0.2) is 39.7 Å². The van der Waals surface area contributed by atoms with E-state index in [-0.39, 0.29) is 11.0 Å². The number of rotatable bonds is 1. The first kappa shape index (κ1) is 11.4. The molecule has 0 bridgehead atoms. The fraction of sp³-hybridized carbons (Fsp3) is 0.0909.